The van der Waals surface area contributed by atoms with Gasteiger partial charge in [-0.2, -0.15) is 5.10 Å². The molecule has 0 fully saturated rings. The van der Waals surface area contributed by atoms with E-state index in [0.717, 1.165) is 25.9 Å². The van der Waals surface area contributed by atoms with Gasteiger partial charge in [-0.25, -0.2) is 0 Å². The van der Waals surface area contributed by atoms with Gasteiger partial charge in [0.2, 0.25) is 0 Å². The topological polar surface area (TPSA) is 47.1 Å². The van der Waals surface area contributed by atoms with Crippen molar-refractivity contribution in [1.82, 2.24) is 9.78 Å². The van der Waals surface area contributed by atoms with Crippen molar-refractivity contribution in [3.05, 3.63) is 48.3 Å². The molecule has 0 bridgehead atoms. The summed E-state index contributed by atoms with van der Waals surface area (Å²) >= 11 is 4.99. The van der Waals surface area contributed by atoms with Crippen LogP contribution in [0.2, 0.25) is 0 Å². The molecule has 5 heteroatoms. The van der Waals surface area contributed by atoms with Crippen LogP contribution in [0.5, 0.6) is 0 Å². The van der Waals surface area contributed by atoms with Crippen molar-refractivity contribution in [2.24, 2.45) is 12.8 Å². The minimum atomic E-state index is 0.562. The van der Waals surface area contributed by atoms with Crippen LogP contribution in [-0.4, -0.2) is 27.9 Å². The van der Waals surface area contributed by atoms with Crippen molar-refractivity contribution in [3.8, 4) is 0 Å². The Morgan fingerprint density at radius 2 is 2.00 bits per heavy atom. The summed E-state index contributed by atoms with van der Waals surface area (Å²) in [5.74, 6) is 0. The molecule has 0 amide bonds. The molecule has 0 radical (unpaired) electrons. The molecular formula is C15H20N4S. The molecule has 2 aromatic rings. The molecule has 4 nitrogen and oxygen atoms in total. The van der Waals surface area contributed by atoms with Crippen LogP contribution in [0, 0.1) is 0 Å². The fourth-order valence-corrected chi connectivity index (χ4v) is 2.24. The summed E-state index contributed by atoms with van der Waals surface area (Å²) in [4.78, 5) is 2.87. The molecular weight excluding hydrogens is 268 g/mol. The molecule has 1 aromatic heterocycles. The average Bonchev–Trinajstić information content (AvgIpc) is 2.85. The summed E-state index contributed by atoms with van der Waals surface area (Å²) < 4.78 is 1.91. The highest BCUT2D eigenvalue weighted by molar-refractivity contribution is 7.80. The Morgan fingerprint density at radius 1 is 1.25 bits per heavy atom. The standard InChI is InChI=1S/C15H20N4S/c1-18-13(7-10-17-18)8-11-19(12-9-15(16)20)14-5-3-2-4-6-14/h2-7,10H,8-9,11-12H2,1H3,(H2,16,20). The van der Waals surface area contributed by atoms with E-state index in [1.165, 1.54) is 11.4 Å². The molecule has 20 heavy (non-hydrogen) atoms. The fourth-order valence-electron chi connectivity index (χ4n) is 2.15. The summed E-state index contributed by atoms with van der Waals surface area (Å²) in [7, 11) is 1.97. The van der Waals surface area contributed by atoms with Crippen molar-refractivity contribution in [3.63, 3.8) is 0 Å². The lowest BCUT2D eigenvalue weighted by Gasteiger charge is -2.24. The van der Waals surface area contributed by atoms with Crippen LogP contribution < -0.4 is 10.6 Å². The molecule has 0 unspecified atom stereocenters. The normalized spacial score (nSPS) is 10.4. The smallest absolute Gasteiger partial charge is 0.0745 e. The van der Waals surface area contributed by atoms with Gasteiger partial charge in [-0.1, -0.05) is 30.4 Å². The van der Waals surface area contributed by atoms with Crippen molar-refractivity contribution >= 4 is 22.9 Å². The third kappa shape index (κ3) is 4.06. The number of aromatic nitrogens is 2. The number of thiocarbonyl (C=S) groups is 1. The Labute approximate surface area is 125 Å². The molecule has 0 aliphatic heterocycles. The summed E-state index contributed by atoms with van der Waals surface area (Å²) in [6.07, 6.45) is 3.51. The van der Waals surface area contributed by atoms with E-state index in [1.54, 1.807) is 0 Å². The van der Waals surface area contributed by atoms with Gasteiger partial charge >= 0.3 is 0 Å². The van der Waals surface area contributed by atoms with Crippen LogP contribution in [0.1, 0.15) is 12.1 Å². The Hall–Kier alpha value is -1.88. The van der Waals surface area contributed by atoms with Crippen LogP contribution in [0.15, 0.2) is 42.6 Å². The first kappa shape index (κ1) is 14.5. The maximum absolute atomic E-state index is 5.62. The first-order valence-corrected chi connectivity index (χ1v) is 7.13. The van der Waals surface area contributed by atoms with Crippen LogP contribution in [0.25, 0.3) is 0 Å². The zero-order valence-corrected chi connectivity index (χ0v) is 12.5. The fraction of sp³-hybridized carbons (Fsp3) is 0.333. The minimum absolute atomic E-state index is 0.562. The Kier molecular flexibility index (Phi) is 5.12. The molecule has 0 atom stereocenters. The van der Waals surface area contributed by atoms with Gasteiger partial charge in [-0.05, 0) is 18.2 Å². The summed E-state index contributed by atoms with van der Waals surface area (Å²) in [5.41, 5.74) is 8.05. The molecule has 0 saturated carbocycles. The van der Waals surface area contributed by atoms with Crippen molar-refractivity contribution in [1.29, 1.82) is 0 Å². The predicted molar refractivity (Wildman–Crippen MR) is 87.0 cm³/mol. The molecule has 0 spiro atoms. The SMILES string of the molecule is Cn1nccc1CCN(CCC(N)=S)c1ccccc1. The van der Waals surface area contributed by atoms with Gasteiger partial charge in [0.15, 0.2) is 0 Å². The van der Waals surface area contributed by atoms with Crippen molar-refractivity contribution in [2.45, 2.75) is 12.8 Å². The average molecular weight is 288 g/mol. The number of nitrogens with two attached hydrogens (primary N) is 1. The summed E-state index contributed by atoms with van der Waals surface area (Å²) in [6.45, 7) is 1.77. The maximum Gasteiger partial charge on any atom is 0.0745 e. The van der Waals surface area contributed by atoms with Crippen molar-refractivity contribution < 1.29 is 0 Å². The Balaban J connectivity index is 2.03. The lowest BCUT2D eigenvalue weighted by Crippen LogP contribution is -2.29. The first-order chi connectivity index (χ1) is 9.66. The lowest BCUT2D eigenvalue weighted by atomic mass is 10.2. The van der Waals surface area contributed by atoms with Gasteiger partial charge < -0.3 is 10.6 Å². The van der Waals surface area contributed by atoms with Gasteiger partial charge in [0.1, 0.15) is 0 Å². The van der Waals surface area contributed by atoms with E-state index >= 15 is 0 Å². The van der Waals surface area contributed by atoms with Crippen LogP contribution >= 0.6 is 12.2 Å². The van der Waals surface area contributed by atoms with E-state index in [4.69, 9.17) is 18.0 Å². The lowest BCUT2D eigenvalue weighted by molar-refractivity contribution is 0.687. The minimum Gasteiger partial charge on any atom is -0.393 e. The van der Waals surface area contributed by atoms with Crippen LogP contribution in [0.4, 0.5) is 5.69 Å². The molecule has 1 aromatic carbocycles. The van der Waals surface area contributed by atoms with Gasteiger partial charge in [0, 0.05) is 50.6 Å². The highest BCUT2D eigenvalue weighted by Crippen LogP contribution is 2.14. The van der Waals surface area contributed by atoms with E-state index < -0.39 is 0 Å². The molecule has 106 valence electrons. The van der Waals surface area contributed by atoms with E-state index in [9.17, 15) is 0 Å². The molecule has 0 aliphatic rings. The first-order valence-electron chi connectivity index (χ1n) is 6.72. The van der Waals surface area contributed by atoms with E-state index in [0.29, 0.717) is 4.99 Å². The zero-order valence-electron chi connectivity index (χ0n) is 11.7. The van der Waals surface area contributed by atoms with E-state index in [1.807, 2.05) is 36.1 Å². The highest BCUT2D eigenvalue weighted by atomic mass is 32.1. The number of para-hydroxylation sites is 1. The number of anilines is 1. The van der Waals surface area contributed by atoms with Crippen LogP contribution in [0.3, 0.4) is 0 Å². The summed E-state index contributed by atoms with van der Waals surface area (Å²) in [6, 6.07) is 12.4. The third-order valence-electron chi connectivity index (χ3n) is 3.31. The van der Waals surface area contributed by atoms with Gasteiger partial charge in [0.25, 0.3) is 0 Å². The zero-order chi connectivity index (χ0) is 14.4. The number of rotatable bonds is 7. The molecule has 0 saturated heterocycles. The highest BCUT2D eigenvalue weighted by Gasteiger charge is 2.08. The molecule has 1 heterocycles. The number of aryl methyl sites for hydroxylation is 1. The largest absolute Gasteiger partial charge is 0.393 e. The quantitative estimate of drug-likeness (QED) is 0.793. The number of hydrogen-bond donors (Lipinski definition) is 1. The number of nitrogens with zero attached hydrogens (tertiary/aromatic N) is 3. The molecule has 2 N–H and O–H groups in total. The monoisotopic (exact) mass is 288 g/mol. The Bertz CT molecular complexity index is 550. The molecule has 2 rings (SSSR count). The Morgan fingerprint density at radius 3 is 2.60 bits per heavy atom. The molecule has 0 aliphatic carbocycles. The maximum atomic E-state index is 5.62. The number of hydrogen-bond acceptors (Lipinski definition) is 3. The summed E-state index contributed by atoms with van der Waals surface area (Å²) in [5, 5.41) is 4.20. The second-order valence-corrected chi connectivity index (χ2v) is 5.26. The second-order valence-electron chi connectivity index (χ2n) is 4.74. The third-order valence-corrected chi connectivity index (χ3v) is 3.51. The van der Waals surface area contributed by atoms with Crippen molar-refractivity contribution in [2.75, 3.05) is 18.0 Å². The number of benzene rings is 1. The van der Waals surface area contributed by atoms with Gasteiger partial charge in [-0.15, -0.1) is 0 Å². The van der Waals surface area contributed by atoms with Crippen LogP contribution in [-0.2, 0) is 13.5 Å². The predicted octanol–water partition coefficient (Wildman–Crippen LogP) is 2.15. The van der Waals surface area contributed by atoms with E-state index in [-0.39, 0.29) is 0 Å². The van der Waals surface area contributed by atoms with Gasteiger partial charge in [-0.3, -0.25) is 4.68 Å². The van der Waals surface area contributed by atoms with E-state index in [2.05, 4.69) is 28.2 Å². The second kappa shape index (κ2) is 7.05. The van der Waals surface area contributed by atoms with Gasteiger partial charge in [0.05, 0.1) is 4.99 Å².